The number of carbonyl (C=O) groups is 1. The zero-order valence-corrected chi connectivity index (χ0v) is 16.9. The van der Waals surface area contributed by atoms with Crippen LogP contribution in [0.5, 0.6) is 0 Å². The SMILES string of the molecule is CCc1cn(-c2ccc(/C=C/C(=O)N[C@@H](CO)Cc3ccccc3)cc2C)cn1. The van der Waals surface area contributed by atoms with Gasteiger partial charge in [0.25, 0.3) is 0 Å². The van der Waals surface area contributed by atoms with Crippen LogP contribution in [0.3, 0.4) is 0 Å². The number of carbonyl (C=O) groups excluding carboxylic acids is 1. The number of nitrogens with zero attached hydrogens (tertiary/aromatic N) is 2. The molecule has 1 aromatic heterocycles. The van der Waals surface area contributed by atoms with Crippen molar-refractivity contribution in [1.82, 2.24) is 14.9 Å². The van der Waals surface area contributed by atoms with Crippen molar-refractivity contribution in [2.24, 2.45) is 0 Å². The van der Waals surface area contributed by atoms with Crippen molar-refractivity contribution in [2.45, 2.75) is 32.7 Å². The summed E-state index contributed by atoms with van der Waals surface area (Å²) in [4.78, 5) is 16.6. The number of amides is 1. The molecule has 0 aliphatic carbocycles. The van der Waals surface area contributed by atoms with Crippen molar-refractivity contribution in [3.8, 4) is 5.69 Å². The van der Waals surface area contributed by atoms with E-state index in [1.807, 2.05) is 72.5 Å². The van der Waals surface area contributed by atoms with Gasteiger partial charge >= 0.3 is 0 Å². The second-order valence-corrected chi connectivity index (χ2v) is 7.08. The summed E-state index contributed by atoms with van der Waals surface area (Å²) in [5.74, 6) is -0.219. The van der Waals surface area contributed by atoms with Gasteiger partial charge in [-0.2, -0.15) is 0 Å². The number of aromatic nitrogens is 2. The molecule has 5 heteroatoms. The van der Waals surface area contributed by atoms with Crippen LogP contribution in [0.25, 0.3) is 11.8 Å². The highest BCUT2D eigenvalue weighted by Gasteiger charge is 2.10. The van der Waals surface area contributed by atoms with Crippen molar-refractivity contribution in [3.63, 3.8) is 0 Å². The van der Waals surface area contributed by atoms with Crippen molar-refractivity contribution in [1.29, 1.82) is 0 Å². The first-order valence-corrected chi connectivity index (χ1v) is 9.86. The number of aryl methyl sites for hydroxylation is 2. The zero-order chi connectivity index (χ0) is 20.6. The van der Waals surface area contributed by atoms with Crippen LogP contribution in [0.2, 0.25) is 0 Å². The maximum Gasteiger partial charge on any atom is 0.244 e. The van der Waals surface area contributed by atoms with E-state index in [0.29, 0.717) is 6.42 Å². The standard InChI is InChI=1S/C24H27N3O2/c1-3-21-15-27(17-25-21)23-11-9-20(13-18(23)2)10-12-24(29)26-22(16-28)14-19-7-5-4-6-8-19/h4-13,15,17,22,28H,3,14,16H2,1-2H3,(H,26,29)/b12-10+/t22-/m1/s1. The lowest BCUT2D eigenvalue weighted by molar-refractivity contribution is -0.117. The van der Waals surface area contributed by atoms with E-state index >= 15 is 0 Å². The normalized spacial score (nSPS) is 12.2. The molecule has 0 aliphatic rings. The first-order valence-electron chi connectivity index (χ1n) is 9.86. The number of hydrogen-bond acceptors (Lipinski definition) is 3. The number of nitrogens with one attached hydrogen (secondary N) is 1. The highest BCUT2D eigenvalue weighted by atomic mass is 16.3. The van der Waals surface area contributed by atoms with Crippen LogP contribution >= 0.6 is 0 Å². The van der Waals surface area contributed by atoms with E-state index in [-0.39, 0.29) is 18.6 Å². The van der Waals surface area contributed by atoms with Gasteiger partial charge in [-0.25, -0.2) is 4.98 Å². The summed E-state index contributed by atoms with van der Waals surface area (Å²) in [5, 5.41) is 12.4. The van der Waals surface area contributed by atoms with Gasteiger partial charge in [-0.3, -0.25) is 4.79 Å². The predicted molar refractivity (Wildman–Crippen MR) is 116 cm³/mol. The lowest BCUT2D eigenvalue weighted by atomic mass is 10.1. The molecule has 1 amide bonds. The fourth-order valence-electron chi connectivity index (χ4n) is 3.23. The first-order chi connectivity index (χ1) is 14.1. The molecular formula is C24H27N3O2. The Kier molecular flexibility index (Phi) is 6.98. The minimum Gasteiger partial charge on any atom is -0.394 e. The number of aliphatic hydroxyl groups is 1. The molecule has 0 saturated carbocycles. The Balaban J connectivity index is 1.62. The van der Waals surface area contributed by atoms with Crippen LogP contribution < -0.4 is 5.32 Å². The Hall–Kier alpha value is -3.18. The van der Waals surface area contributed by atoms with Crippen molar-refractivity contribution in [3.05, 3.63) is 89.5 Å². The van der Waals surface area contributed by atoms with E-state index in [2.05, 4.69) is 17.2 Å². The van der Waals surface area contributed by atoms with Gasteiger partial charge < -0.3 is 15.0 Å². The predicted octanol–water partition coefficient (Wildman–Crippen LogP) is 3.48. The molecule has 1 atom stereocenters. The van der Waals surface area contributed by atoms with Gasteiger partial charge in [-0.15, -0.1) is 0 Å². The summed E-state index contributed by atoms with van der Waals surface area (Å²) in [6.45, 7) is 4.02. The molecule has 29 heavy (non-hydrogen) atoms. The fraction of sp³-hybridized carbons (Fsp3) is 0.250. The smallest absolute Gasteiger partial charge is 0.244 e. The number of rotatable bonds is 8. The van der Waals surface area contributed by atoms with E-state index in [1.165, 1.54) is 6.08 Å². The summed E-state index contributed by atoms with van der Waals surface area (Å²) in [5.41, 5.74) is 5.25. The van der Waals surface area contributed by atoms with Crippen LogP contribution in [0.15, 0.2) is 67.1 Å². The maximum absolute atomic E-state index is 12.3. The quantitative estimate of drug-likeness (QED) is 0.580. The maximum atomic E-state index is 12.3. The first kappa shape index (κ1) is 20.6. The monoisotopic (exact) mass is 389 g/mol. The lowest BCUT2D eigenvalue weighted by Gasteiger charge is -2.15. The van der Waals surface area contributed by atoms with Gasteiger partial charge in [0.05, 0.1) is 24.7 Å². The molecule has 0 saturated heterocycles. The van der Waals surface area contributed by atoms with Gasteiger partial charge in [-0.05, 0) is 54.7 Å². The molecule has 0 bridgehead atoms. The van der Waals surface area contributed by atoms with Gasteiger partial charge in [0.2, 0.25) is 5.91 Å². The topological polar surface area (TPSA) is 67.2 Å². The molecular weight excluding hydrogens is 362 g/mol. The van der Waals surface area contributed by atoms with Crippen molar-refractivity contribution < 1.29 is 9.90 Å². The average Bonchev–Trinajstić information content (AvgIpc) is 3.21. The molecule has 0 fully saturated rings. The van der Waals surface area contributed by atoms with Crippen LogP contribution in [-0.2, 0) is 17.6 Å². The van der Waals surface area contributed by atoms with E-state index in [1.54, 1.807) is 6.08 Å². The Morgan fingerprint density at radius 1 is 1.24 bits per heavy atom. The summed E-state index contributed by atoms with van der Waals surface area (Å²) in [7, 11) is 0. The molecule has 0 aliphatic heterocycles. The number of imidazole rings is 1. The lowest BCUT2D eigenvalue weighted by Crippen LogP contribution is -2.38. The number of benzene rings is 2. The Morgan fingerprint density at radius 2 is 2.03 bits per heavy atom. The van der Waals surface area contributed by atoms with Gasteiger partial charge in [-0.1, -0.05) is 43.3 Å². The Morgan fingerprint density at radius 3 is 2.69 bits per heavy atom. The molecule has 5 nitrogen and oxygen atoms in total. The van der Waals surface area contributed by atoms with E-state index < -0.39 is 0 Å². The summed E-state index contributed by atoms with van der Waals surface area (Å²) in [6.07, 6.45) is 8.65. The molecule has 3 rings (SSSR count). The molecule has 2 N–H and O–H groups in total. The van der Waals surface area contributed by atoms with Crippen LogP contribution in [0.4, 0.5) is 0 Å². The minimum atomic E-state index is -0.312. The average molecular weight is 389 g/mol. The van der Waals surface area contributed by atoms with Crippen LogP contribution in [0.1, 0.15) is 29.3 Å². The molecule has 0 radical (unpaired) electrons. The number of aliphatic hydroxyl groups excluding tert-OH is 1. The van der Waals surface area contributed by atoms with E-state index in [0.717, 1.165) is 34.5 Å². The number of hydrogen-bond donors (Lipinski definition) is 2. The van der Waals surface area contributed by atoms with Gasteiger partial charge in [0.15, 0.2) is 0 Å². The highest BCUT2D eigenvalue weighted by Crippen LogP contribution is 2.17. The Bertz CT molecular complexity index is 977. The second-order valence-electron chi connectivity index (χ2n) is 7.08. The summed E-state index contributed by atoms with van der Waals surface area (Å²) in [6, 6.07) is 15.5. The zero-order valence-electron chi connectivity index (χ0n) is 16.9. The largest absolute Gasteiger partial charge is 0.394 e. The second kappa shape index (κ2) is 9.85. The summed E-state index contributed by atoms with van der Waals surface area (Å²) < 4.78 is 2.02. The molecule has 150 valence electrons. The van der Waals surface area contributed by atoms with Gasteiger partial charge in [0.1, 0.15) is 0 Å². The van der Waals surface area contributed by atoms with Crippen molar-refractivity contribution >= 4 is 12.0 Å². The van der Waals surface area contributed by atoms with Gasteiger partial charge in [0, 0.05) is 18.0 Å². The Labute approximate surface area is 171 Å². The van der Waals surface area contributed by atoms with Crippen molar-refractivity contribution in [2.75, 3.05) is 6.61 Å². The summed E-state index contributed by atoms with van der Waals surface area (Å²) >= 11 is 0. The molecule has 0 spiro atoms. The fourth-order valence-corrected chi connectivity index (χ4v) is 3.23. The van der Waals surface area contributed by atoms with Crippen LogP contribution in [0, 0.1) is 6.92 Å². The van der Waals surface area contributed by atoms with E-state index in [9.17, 15) is 9.90 Å². The third-order valence-corrected chi connectivity index (χ3v) is 4.82. The highest BCUT2D eigenvalue weighted by molar-refractivity contribution is 5.92. The molecule has 1 heterocycles. The minimum absolute atomic E-state index is 0.104. The molecule has 0 unspecified atom stereocenters. The third-order valence-electron chi connectivity index (χ3n) is 4.82. The molecule has 2 aromatic carbocycles. The van der Waals surface area contributed by atoms with E-state index in [4.69, 9.17) is 0 Å². The third kappa shape index (κ3) is 5.65. The van der Waals surface area contributed by atoms with Crippen LogP contribution in [-0.4, -0.2) is 33.2 Å². The molecule has 3 aromatic rings.